The minimum absolute atomic E-state index is 0. The summed E-state index contributed by atoms with van der Waals surface area (Å²) in [7, 11) is 4.00. The molecule has 0 saturated heterocycles. The Balaban J connectivity index is -0.000000277. The Bertz CT molecular complexity index is 390. The number of nitrogens with zero attached hydrogens (tertiary/aromatic N) is 2. The van der Waals surface area contributed by atoms with Crippen LogP contribution in [0.2, 0.25) is 6.82 Å². The topological polar surface area (TPSA) is 7.76 Å². The molecule has 0 fully saturated rings. The van der Waals surface area contributed by atoms with E-state index in [0.717, 1.165) is 12.9 Å². The first-order valence-electron chi connectivity index (χ1n) is 7.55. The largest absolute Gasteiger partial charge is 0.367 e. The van der Waals surface area contributed by atoms with Gasteiger partial charge >= 0.3 is 0 Å². The molecule has 0 aliphatic carbocycles. The van der Waals surface area contributed by atoms with Gasteiger partial charge in [-0.15, -0.1) is 0 Å². The van der Waals surface area contributed by atoms with E-state index in [4.69, 9.17) is 0 Å². The zero-order valence-corrected chi connectivity index (χ0v) is 20.5. The number of aromatic nitrogens is 2. The van der Waals surface area contributed by atoms with E-state index in [2.05, 4.69) is 56.3 Å². The van der Waals surface area contributed by atoms with Crippen LogP contribution in [0.5, 0.6) is 0 Å². The van der Waals surface area contributed by atoms with Gasteiger partial charge in [-0.25, -0.2) is 9.13 Å². The van der Waals surface area contributed by atoms with Crippen LogP contribution in [-0.4, -0.2) is 14.6 Å². The molecule has 0 aromatic carbocycles. The Labute approximate surface area is 195 Å². The van der Waals surface area contributed by atoms with Crippen molar-refractivity contribution in [2.75, 3.05) is 0 Å². The van der Waals surface area contributed by atoms with Gasteiger partial charge in [-0.3, -0.25) is 0 Å². The Kier molecular flexibility index (Phi) is 28.0. The number of hydrogen-bond donors (Lipinski definition) is 0. The van der Waals surface area contributed by atoms with Crippen LogP contribution in [0, 0.1) is 6.82 Å². The van der Waals surface area contributed by atoms with Crippen molar-refractivity contribution in [2.24, 2.45) is 0 Å². The summed E-state index contributed by atoms with van der Waals surface area (Å²) in [5.74, 6) is 0. The van der Waals surface area contributed by atoms with Crippen LogP contribution in [0.4, 0.5) is 0 Å². The second-order valence-electron chi connectivity index (χ2n) is 4.55. The number of rotatable bonds is 4. The molecule has 0 amide bonds. The van der Waals surface area contributed by atoms with Gasteiger partial charge in [-0.05, 0) is 7.28 Å². The predicted molar refractivity (Wildman–Crippen MR) is 92.0 cm³/mol. The molecule has 2 aromatic heterocycles. The average molecular weight is 459 g/mol. The summed E-state index contributed by atoms with van der Waals surface area (Å²) in [5.41, 5.74) is 0. The van der Waals surface area contributed by atoms with E-state index in [-0.39, 0.29) is 65.4 Å². The van der Waals surface area contributed by atoms with E-state index < -0.39 is 0 Å². The number of hydrogen-bond acceptors (Lipinski definition) is 0. The average Bonchev–Trinajstić information content (AvgIpc) is 2.52. The van der Waals surface area contributed by atoms with Crippen molar-refractivity contribution in [3.05, 3.63) is 68.0 Å². The molecule has 2 aromatic rings. The summed E-state index contributed by atoms with van der Waals surface area (Å²) < 4.78 is 4.19. The maximum Gasteiger partial charge on any atom is 0.197 e. The van der Waals surface area contributed by atoms with E-state index in [1.165, 1.54) is 6.42 Å². The first kappa shape index (κ1) is 28.4. The van der Waals surface area contributed by atoms with Crippen LogP contribution in [0.1, 0.15) is 20.3 Å². The van der Waals surface area contributed by atoms with Crippen LogP contribution < -0.4 is 9.13 Å². The fourth-order valence-corrected chi connectivity index (χ4v) is 1.47. The van der Waals surface area contributed by atoms with E-state index in [1.54, 1.807) is 0 Å². The summed E-state index contributed by atoms with van der Waals surface area (Å²) >= 11 is 0. The fourth-order valence-electron chi connectivity index (χ4n) is 1.47. The standard InChI is InChI=1S/C7H10BN.C7H9BN.C3H8.2Y/c2*1-8-7-9-5-3-2-4-6-9;1-3-2;;/h2-6H,7H2,1H3;2-6H,1,7H2;3H2,1-2H3;;/q+1;;;;. The molecule has 0 spiro atoms. The van der Waals surface area contributed by atoms with Gasteiger partial charge in [0, 0.05) is 89.7 Å². The van der Waals surface area contributed by atoms with E-state index in [9.17, 15) is 0 Å². The van der Waals surface area contributed by atoms with Gasteiger partial charge in [0.05, 0.1) is 6.44 Å². The van der Waals surface area contributed by atoms with Crippen molar-refractivity contribution in [1.82, 2.24) is 0 Å². The zero-order chi connectivity index (χ0) is 15.8. The monoisotopic (exact) mass is 459 g/mol. The van der Waals surface area contributed by atoms with Crippen molar-refractivity contribution in [3.63, 3.8) is 0 Å². The zero-order valence-electron chi connectivity index (χ0n) is 14.8. The molecule has 6 heteroatoms. The van der Waals surface area contributed by atoms with Crippen molar-refractivity contribution in [1.29, 1.82) is 0 Å². The third-order valence-corrected chi connectivity index (χ3v) is 2.29. The van der Waals surface area contributed by atoms with Crippen LogP contribution in [-0.2, 0) is 78.3 Å². The van der Waals surface area contributed by atoms with Gasteiger partial charge in [0.2, 0.25) is 0 Å². The molecule has 0 saturated carbocycles. The second kappa shape index (κ2) is 22.6. The molecule has 0 N–H and O–H groups in total. The van der Waals surface area contributed by atoms with Crippen molar-refractivity contribution >= 4 is 14.6 Å². The van der Waals surface area contributed by atoms with Gasteiger partial charge in [-0.1, -0.05) is 39.2 Å². The van der Waals surface area contributed by atoms with E-state index >= 15 is 0 Å². The van der Waals surface area contributed by atoms with E-state index in [1.807, 2.05) is 56.1 Å². The maximum atomic E-state index is 3.64. The van der Waals surface area contributed by atoms with Gasteiger partial charge in [0.15, 0.2) is 32.1 Å². The van der Waals surface area contributed by atoms with E-state index in [0.29, 0.717) is 0 Å². The molecular formula is C17H27B2N2Y2+. The molecule has 0 bridgehead atoms. The van der Waals surface area contributed by atoms with Crippen LogP contribution >= 0.6 is 0 Å². The van der Waals surface area contributed by atoms with Crippen molar-refractivity contribution < 1.29 is 74.6 Å². The minimum atomic E-state index is 0. The van der Waals surface area contributed by atoms with Gasteiger partial charge in [0.1, 0.15) is 6.44 Å². The minimum Gasteiger partial charge on any atom is -0.367 e. The predicted octanol–water partition coefficient (Wildman–Crippen LogP) is 2.52. The van der Waals surface area contributed by atoms with Crippen molar-refractivity contribution in [2.45, 2.75) is 40.0 Å². The van der Waals surface area contributed by atoms with Crippen LogP contribution in [0.3, 0.4) is 0 Å². The molecule has 0 aliphatic heterocycles. The molecular weight excluding hydrogens is 432 g/mol. The first-order valence-corrected chi connectivity index (χ1v) is 7.55. The summed E-state index contributed by atoms with van der Waals surface area (Å²) in [5, 5.41) is 0. The fraction of sp³-hybridized carbons (Fsp3) is 0.353. The molecule has 4 radical (unpaired) electrons. The third-order valence-electron chi connectivity index (χ3n) is 2.29. The number of pyridine rings is 2. The van der Waals surface area contributed by atoms with Gasteiger partial charge in [-0.2, -0.15) is 0 Å². The van der Waals surface area contributed by atoms with Gasteiger partial charge in [0.25, 0.3) is 0 Å². The second-order valence-corrected chi connectivity index (χ2v) is 4.55. The molecule has 2 nitrogen and oxygen atoms in total. The van der Waals surface area contributed by atoms with Crippen LogP contribution in [0.15, 0.2) is 61.2 Å². The van der Waals surface area contributed by atoms with Gasteiger partial charge < -0.3 is 6.82 Å². The Morgan fingerprint density at radius 1 is 0.739 bits per heavy atom. The molecule has 2 rings (SSSR count). The SMILES string of the molecule is CCC.C[B]C[n+]1ccccc1.[CH2-][B]C[n+]1ccccc1.[Y].[Y]. The Morgan fingerprint density at radius 3 is 1.39 bits per heavy atom. The molecule has 23 heavy (non-hydrogen) atoms. The van der Waals surface area contributed by atoms with Crippen LogP contribution in [0.25, 0.3) is 0 Å². The molecule has 0 unspecified atom stereocenters. The Hall–Kier alpha value is 0.638. The van der Waals surface area contributed by atoms with Crippen molar-refractivity contribution in [3.8, 4) is 0 Å². The Morgan fingerprint density at radius 2 is 1.09 bits per heavy atom. The molecule has 2 heterocycles. The summed E-state index contributed by atoms with van der Waals surface area (Å²) in [6.07, 6.45) is 11.3. The normalized spacial score (nSPS) is 7.83. The molecule has 0 atom stereocenters. The quantitative estimate of drug-likeness (QED) is 0.378. The summed E-state index contributed by atoms with van der Waals surface area (Å²) in [6, 6.07) is 12.1. The summed E-state index contributed by atoms with van der Waals surface area (Å²) in [6.45, 7) is 9.94. The third kappa shape index (κ3) is 18.8. The molecule has 0 aliphatic rings. The molecule has 116 valence electrons. The summed E-state index contributed by atoms with van der Waals surface area (Å²) in [4.78, 5) is 0. The first-order chi connectivity index (χ1) is 10.3. The smallest absolute Gasteiger partial charge is 0.197 e. The maximum absolute atomic E-state index is 3.64.